The van der Waals surface area contributed by atoms with Crippen molar-refractivity contribution in [1.29, 1.82) is 0 Å². The Bertz CT molecular complexity index is 825. The maximum absolute atomic E-state index is 12.7. The number of fused-ring (bicyclic) bond motifs is 1. The van der Waals surface area contributed by atoms with Crippen molar-refractivity contribution < 1.29 is 18.8 Å². The van der Waals surface area contributed by atoms with E-state index in [1.165, 1.54) is 6.42 Å². The normalized spacial score (nSPS) is 19.8. The van der Waals surface area contributed by atoms with E-state index < -0.39 is 0 Å². The Labute approximate surface area is 162 Å². The molecular formula is C19H22ClN3O4. The van der Waals surface area contributed by atoms with Gasteiger partial charge in [0, 0.05) is 37.8 Å². The fourth-order valence-electron chi connectivity index (χ4n) is 3.69. The number of piperazine rings is 1. The van der Waals surface area contributed by atoms with Crippen LogP contribution in [0.1, 0.15) is 29.1 Å². The van der Waals surface area contributed by atoms with E-state index in [9.17, 15) is 4.79 Å². The third kappa shape index (κ3) is 3.89. The highest BCUT2D eigenvalue weighted by molar-refractivity contribution is 6.32. The molecule has 0 radical (unpaired) electrons. The summed E-state index contributed by atoms with van der Waals surface area (Å²) < 4.78 is 16.0. The van der Waals surface area contributed by atoms with Gasteiger partial charge in [-0.2, -0.15) is 0 Å². The highest BCUT2D eigenvalue weighted by Gasteiger charge is 2.33. The maximum Gasteiger partial charge on any atom is 0.276 e. The lowest BCUT2D eigenvalue weighted by Gasteiger charge is -2.37. The molecule has 1 atom stereocenters. The molecule has 0 unspecified atom stereocenters. The number of halogens is 1. The van der Waals surface area contributed by atoms with Gasteiger partial charge in [-0.1, -0.05) is 16.8 Å². The summed E-state index contributed by atoms with van der Waals surface area (Å²) >= 11 is 6.16. The Hall–Kier alpha value is -2.25. The van der Waals surface area contributed by atoms with Gasteiger partial charge in [-0.15, -0.1) is 0 Å². The van der Waals surface area contributed by atoms with Crippen LogP contribution < -0.4 is 9.47 Å². The second-order valence-electron chi connectivity index (χ2n) is 6.85. The average molecular weight is 392 g/mol. The van der Waals surface area contributed by atoms with E-state index >= 15 is 0 Å². The predicted octanol–water partition coefficient (Wildman–Crippen LogP) is 2.84. The molecule has 4 rings (SSSR count). The number of rotatable bonds is 5. The molecule has 27 heavy (non-hydrogen) atoms. The Morgan fingerprint density at radius 3 is 3.04 bits per heavy atom. The van der Waals surface area contributed by atoms with Gasteiger partial charge in [-0.25, -0.2) is 0 Å². The van der Waals surface area contributed by atoms with E-state index in [4.69, 9.17) is 25.6 Å². The van der Waals surface area contributed by atoms with Crippen molar-refractivity contribution >= 4 is 17.5 Å². The zero-order chi connectivity index (χ0) is 18.8. The van der Waals surface area contributed by atoms with Gasteiger partial charge in [-0.05, 0) is 31.5 Å². The van der Waals surface area contributed by atoms with Crippen LogP contribution >= 0.6 is 11.6 Å². The number of ether oxygens (including phenoxy) is 2. The number of nitrogens with zero attached hydrogens (tertiary/aromatic N) is 3. The molecule has 0 N–H and O–H groups in total. The van der Waals surface area contributed by atoms with Crippen molar-refractivity contribution in [2.24, 2.45) is 0 Å². The fraction of sp³-hybridized carbons (Fsp3) is 0.474. The summed E-state index contributed by atoms with van der Waals surface area (Å²) in [6.45, 7) is 3.71. The smallest absolute Gasteiger partial charge is 0.276 e. The minimum absolute atomic E-state index is 0.0842. The molecule has 0 spiro atoms. The third-order valence-electron chi connectivity index (χ3n) is 5.16. The van der Waals surface area contributed by atoms with E-state index in [1.54, 1.807) is 31.4 Å². The highest BCUT2D eigenvalue weighted by Crippen LogP contribution is 2.29. The number of carbonyl (C=O) groups is 1. The molecule has 7 nitrogen and oxygen atoms in total. The van der Waals surface area contributed by atoms with E-state index in [0.717, 1.165) is 32.6 Å². The van der Waals surface area contributed by atoms with Crippen LogP contribution in [0.2, 0.25) is 5.02 Å². The number of amides is 1. The first-order chi connectivity index (χ1) is 13.1. The molecule has 2 fully saturated rings. The molecule has 0 aliphatic carbocycles. The van der Waals surface area contributed by atoms with Crippen molar-refractivity contribution in [3.63, 3.8) is 0 Å². The molecule has 2 aliphatic rings. The molecule has 2 aromatic rings. The number of benzene rings is 1. The minimum Gasteiger partial charge on any atom is -0.497 e. The summed E-state index contributed by atoms with van der Waals surface area (Å²) in [5.41, 5.74) is 0.320. The summed E-state index contributed by atoms with van der Waals surface area (Å²) in [7, 11) is 1.58. The van der Waals surface area contributed by atoms with Crippen LogP contribution in [0.25, 0.3) is 0 Å². The lowest BCUT2D eigenvalue weighted by Crippen LogP contribution is -2.52. The molecule has 2 aliphatic heterocycles. The van der Waals surface area contributed by atoms with Crippen LogP contribution in [0.4, 0.5) is 0 Å². The zero-order valence-corrected chi connectivity index (χ0v) is 15.9. The molecule has 8 heteroatoms. The van der Waals surface area contributed by atoms with Gasteiger partial charge in [-0.3, -0.25) is 9.69 Å². The average Bonchev–Trinajstić information content (AvgIpc) is 3.35. The summed E-state index contributed by atoms with van der Waals surface area (Å²) in [6, 6.07) is 7.29. The molecular weight excluding hydrogens is 370 g/mol. The Balaban J connectivity index is 1.36. The molecule has 0 bridgehead atoms. The summed E-state index contributed by atoms with van der Waals surface area (Å²) in [4.78, 5) is 17.0. The van der Waals surface area contributed by atoms with E-state index in [2.05, 4.69) is 10.1 Å². The quantitative estimate of drug-likeness (QED) is 0.780. The first-order valence-electron chi connectivity index (χ1n) is 9.09. The summed E-state index contributed by atoms with van der Waals surface area (Å²) in [5.74, 6) is 1.56. The lowest BCUT2D eigenvalue weighted by molar-refractivity contribution is 0.0561. The van der Waals surface area contributed by atoms with Crippen LogP contribution in [-0.4, -0.2) is 60.2 Å². The topological polar surface area (TPSA) is 68.0 Å². The van der Waals surface area contributed by atoms with Crippen molar-refractivity contribution in [2.45, 2.75) is 25.5 Å². The molecule has 2 saturated heterocycles. The maximum atomic E-state index is 12.7. The van der Waals surface area contributed by atoms with E-state index in [-0.39, 0.29) is 12.5 Å². The molecule has 144 valence electrons. The van der Waals surface area contributed by atoms with Gasteiger partial charge in [0.2, 0.25) is 0 Å². The molecule has 1 amide bonds. The minimum atomic E-state index is -0.0842. The predicted molar refractivity (Wildman–Crippen MR) is 99.3 cm³/mol. The second kappa shape index (κ2) is 7.78. The number of carbonyl (C=O) groups excluding carboxylic acids is 1. The van der Waals surface area contributed by atoms with Crippen molar-refractivity contribution in [2.75, 3.05) is 33.3 Å². The first-order valence-corrected chi connectivity index (χ1v) is 9.47. The number of aromatic nitrogens is 1. The molecule has 0 saturated carbocycles. The third-order valence-corrected chi connectivity index (χ3v) is 5.46. The number of hydrogen-bond acceptors (Lipinski definition) is 6. The number of hydrogen-bond donors (Lipinski definition) is 0. The molecule has 3 heterocycles. The first kappa shape index (κ1) is 18.1. The second-order valence-corrected chi connectivity index (χ2v) is 7.25. The van der Waals surface area contributed by atoms with Crippen LogP contribution in [-0.2, 0) is 6.61 Å². The summed E-state index contributed by atoms with van der Waals surface area (Å²) in [5, 5.41) is 4.37. The van der Waals surface area contributed by atoms with Crippen LogP contribution in [0, 0.1) is 0 Å². The van der Waals surface area contributed by atoms with Crippen LogP contribution in [0.15, 0.2) is 28.8 Å². The van der Waals surface area contributed by atoms with Crippen molar-refractivity contribution in [3.05, 3.63) is 40.7 Å². The SMILES string of the molecule is COc1ccc(OCc2cc(C(=O)N3CCN4CCC[C@@H]4C3)no2)c(Cl)c1. The van der Waals surface area contributed by atoms with Gasteiger partial charge in [0.05, 0.1) is 12.1 Å². The largest absolute Gasteiger partial charge is 0.497 e. The zero-order valence-electron chi connectivity index (χ0n) is 15.2. The van der Waals surface area contributed by atoms with Gasteiger partial charge in [0.15, 0.2) is 11.5 Å². The van der Waals surface area contributed by atoms with Gasteiger partial charge >= 0.3 is 0 Å². The fourth-order valence-corrected chi connectivity index (χ4v) is 3.92. The lowest BCUT2D eigenvalue weighted by atomic mass is 10.1. The van der Waals surface area contributed by atoms with Gasteiger partial charge in [0.25, 0.3) is 5.91 Å². The van der Waals surface area contributed by atoms with Crippen molar-refractivity contribution in [1.82, 2.24) is 15.0 Å². The van der Waals surface area contributed by atoms with Crippen molar-refractivity contribution in [3.8, 4) is 11.5 Å². The standard InChI is InChI=1S/C19H22ClN3O4/c1-25-14-4-5-18(16(20)9-14)26-12-15-10-17(21-27-15)19(24)23-8-7-22-6-2-3-13(22)11-23/h4-5,9-10,13H,2-3,6-8,11-12H2,1H3/t13-/m1/s1. The highest BCUT2D eigenvalue weighted by atomic mass is 35.5. The Morgan fingerprint density at radius 2 is 2.22 bits per heavy atom. The van der Waals surface area contributed by atoms with Crippen LogP contribution in [0.5, 0.6) is 11.5 Å². The monoisotopic (exact) mass is 391 g/mol. The van der Waals surface area contributed by atoms with E-state index in [0.29, 0.717) is 34.0 Å². The van der Waals surface area contributed by atoms with Crippen LogP contribution in [0.3, 0.4) is 0 Å². The Kier molecular flexibility index (Phi) is 5.22. The summed E-state index contributed by atoms with van der Waals surface area (Å²) in [6.07, 6.45) is 2.37. The van der Waals surface area contributed by atoms with Gasteiger partial charge in [0.1, 0.15) is 18.1 Å². The van der Waals surface area contributed by atoms with E-state index in [1.807, 2.05) is 4.90 Å². The van der Waals surface area contributed by atoms with Gasteiger partial charge < -0.3 is 18.9 Å². The Morgan fingerprint density at radius 1 is 1.33 bits per heavy atom. The number of methoxy groups -OCH3 is 1. The molecule has 1 aromatic heterocycles. The molecule has 1 aromatic carbocycles.